The summed E-state index contributed by atoms with van der Waals surface area (Å²) in [6.07, 6.45) is 0.629. The molecule has 1 rings (SSSR count). The van der Waals surface area contributed by atoms with Crippen LogP contribution < -0.4 is 0 Å². The average Bonchev–Trinajstić information content (AvgIpc) is 2.26. The first-order valence-corrected chi connectivity index (χ1v) is 4.56. The third-order valence-corrected chi connectivity index (χ3v) is 2.35. The number of carbonyl (C=O) groups excluding carboxylic acids is 1. The fourth-order valence-corrected chi connectivity index (χ4v) is 1.77. The lowest BCUT2D eigenvalue weighted by molar-refractivity contribution is -0.128. The SMILES string of the molecule is COCCN1CC(Br)CC1=O. The lowest BCUT2D eigenvalue weighted by Crippen LogP contribution is -2.28. The monoisotopic (exact) mass is 221 g/mol. The molecule has 1 fully saturated rings. The molecule has 0 aromatic rings. The van der Waals surface area contributed by atoms with E-state index >= 15 is 0 Å². The van der Waals surface area contributed by atoms with Crippen molar-refractivity contribution >= 4 is 21.8 Å². The number of alkyl halides is 1. The van der Waals surface area contributed by atoms with E-state index in [2.05, 4.69) is 15.9 Å². The molecule has 1 heterocycles. The molecule has 1 atom stereocenters. The molecule has 0 aromatic heterocycles. The molecule has 3 nitrogen and oxygen atoms in total. The van der Waals surface area contributed by atoms with Gasteiger partial charge in [0.25, 0.3) is 0 Å². The van der Waals surface area contributed by atoms with Crippen LogP contribution in [-0.4, -0.2) is 42.4 Å². The Bertz CT molecular complexity index is 151. The van der Waals surface area contributed by atoms with Crippen LogP contribution in [0.25, 0.3) is 0 Å². The van der Waals surface area contributed by atoms with Gasteiger partial charge >= 0.3 is 0 Å². The van der Waals surface area contributed by atoms with E-state index in [0.717, 1.165) is 13.1 Å². The molecule has 0 radical (unpaired) electrons. The highest BCUT2D eigenvalue weighted by Crippen LogP contribution is 2.17. The topological polar surface area (TPSA) is 29.5 Å². The number of likely N-dealkylation sites (tertiary alicyclic amines) is 1. The summed E-state index contributed by atoms with van der Waals surface area (Å²) in [4.78, 5) is 13.3. The van der Waals surface area contributed by atoms with Gasteiger partial charge in [-0.2, -0.15) is 0 Å². The zero-order valence-corrected chi connectivity index (χ0v) is 8.13. The fourth-order valence-electron chi connectivity index (χ4n) is 1.14. The van der Waals surface area contributed by atoms with Gasteiger partial charge in [0.1, 0.15) is 0 Å². The number of amides is 1. The van der Waals surface area contributed by atoms with E-state index in [-0.39, 0.29) is 5.91 Å². The third kappa shape index (κ3) is 2.45. The first kappa shape index (κ1) is 9.00. The van der Waals surface area contributed by atoms with E-state index in [0.29, 0.717) is 17.9 Å². The van der Waals surface area contributed by atoms with Gasteiger partial charge in [0.05, 0.1) is 6.61 Å². The van der Waals surface area contributed by atoms with Gasteiger partial charge in [-0.25, -0.2) is 0 Å². The number of halogens is 1. The Kier molecular flexibility index (Phi) is 3.33. The second-order valence-corrected chi connectivity index (χ2v) is 3.93. The summed E-state index contributed by atoms with van der Waals surface area (Å²) >= 11 is 3.41. The fraction of sp³-hybridized carbons (Fsp3) is 0.857. The number of hydrogen-bond acceptors (Lipinski definition) is 2. The standard InChI is InChI=1S/C7H12BrNO2/c1-11-3-2-9-5-6(8)4-7(9)10/h6H,2-5H2,1H3. The minimum absolute atomic E-state index is 0.226. The van der Waals surface area contributed by atoms with E-state index < -0.39 is 0 Å². The van der Waals surface area contributed by atoms with Gasteiger partial charge in [-0.05, 0) is 0 Å². The molecule has 1 saturated heterocycles. The second kappa shape index (κ2) is 4.07. The molecule has 0 N–H and O–H groups in total. The van der Waals surface area contributed by atoms with E-state index in [1.807, 2.05) is 4.90 Å². The number of nitrogens with zero attached hydrogens (tertiary/aromatic N) is 1. The van der Waals surface area contributed by atoms with Gasteiger partial charge < -0.3 is 9.64 Å². The predicted molar refractivity (Wildman–Crippen MR) is 45.8 cm³/mol. The summed E-state index contributed by atoms with van der Waals surface area (Å²) < 4.78 is 4.88. The summed E-state index contributed by atoms with van der Waals surface area (Å²) in [6, 6.07) is 0. The highest BCUT2D eigenvalue weighted by atomic mass is 79.9. The van der Waals surface area contributed by atoms with Crippen molar-refractivity contribution in [2.75, 3.05) is 26.8 Å². The minimum Gasteiger partial charge on any atom is -0.383 e. The van der Waals surface area contributed by atoms with Gasteiger partial charge in [0.2, 0.25) is 5.91 Å². The zero-order valence-electron chi connectivity index (χ0n) is 6.55. The molecular formula is C7H12BrNO2. The van der Waals surface area contributed by atoms with Crippen LogP contribution in [0.1, 0.15) is 6.42 Å². The largest absolute Gasteiger partial charge is 0.383 e. The molecule has 0 bridgehead atoms. The van der Waals surface area contributed by atoms with E-state index in [1.54, 1.807) is 7.11 Å². The van der Waals surface area contributed by atoms with Crippen LogP contribution in [0.2, 0.25) is 0 Å². The van der Waals surface area contributed by atoms with Gasteiger partial charge in [-0.3, -0.25) is 4.79 Å². The van der Waals surface area contributed by atoms with Crippen LogP contribution in [0.15, 0.2) is 0 Å². The summed E-state index contributed by atoms with van der Waals surface area (Å²) in [5.74, 6) is 0.226. The quantitative estimate of drug-likeness (QED) is 0.655. The molecule has 11 heavy (non-hydrogen) atoms. The Labute approximate surface area is 74.8 Å². The highest BCUT2D eigenvalue weighted by molar-refractivity contribution is 9.09. The molecule has 4 heteroatoms. The Morgan fingerprint density at radius 3 is 3.00 bits per heavy atom. The maximum Gasteiger partial charge on any atom is 0.223 e. The number of carbonyl (C=O) groups is 1. The molecule has 0 saturated carbocycles. The van der Waals surface area contributed by atoms with Crippen LogP contribution in [0.5, 0.6) is 0 Å². The predicted octanol–water partition coefficient (Wildman–Crippen LogP) is 0.629. The smallest absolute Gasteiger partial charge is 0.223 e. The lowest BCUT2D eigenvalue weighted by Gasteiger charge is -2.14. The van der Waals surface area contributed by atoms with Crippen LogP contribution in [0.3, 0.4) is 0 Å². The number of rotatable bonds is 3. The van der Waals surface area contributed by atoms with Crippen LogP contribution in [0, 0.1) is 0 Å². The van der Waals surface area contributed by atoms with Gasteiger partial charge in [0.15, 0.2) is 0 Å². The summed E-state index contributed by atoms with van der Waals surface area (Å²) in [7, 11) is 1.65. The first-order valence-electron chi connectivity index (χ1n) is 3.65. The zero-order chi connectivity index (χ0) is 8.27. The normalized spacial score (nSPS) is 24.7. The number of methoxy groups -OCH3 is 1. The Hall–Kier alpha value is -0.0900. The summed E-state index contributed by atoms with van der Waals surface area (Å²) in [5.41, 5.74) is 0. The van der Waals surface area contributed by atoms with Gasteiger partial charge in [0, 0.05) is 31.4 Å². The van der Waals surface area contributed by atoms with E-state index in [1.165, 1.54) is 0 Å². The Morgan fingerprint density at radius 1 is 1.82 bits per heavy atom. The lowest BCUT2D eigenvalue weighted by atomic mass is 10.4. The van der Waals surface area contributed by atoms with Crippen molar-refractivity contribution < 1.29 is 9.53 Å². The van der Waals surface area contributed by atoms with Crippen molar-refractivity contribution in [1.82, 2.24) is 4.90 Å². The van der Waals surface area contributed by atoms with Gasteiger partial charge in [-0.1, -0.05) is 15.9 Å². The van der Waals surface area contributed by atoms with Crippen molar-refractivity contribution in [1.29, 1.82) is 0 Å². The average molecular weight is 222 g/mol. The van der Waals surface area contributed by atoms with Crippen molar-refractivity contribution in [2.45, 2.75) is 11.2 Å². The maximum atomic E-state index is 11.1. The van der Waals surface area contributed by atoms with Crippen LogP contribution in [0.4, 0.5) is 0 Å². The van der Waals surface area contributed by atoms with E-state index in [9.17, 15) is 4.79 Å². The molecule has 1 aliphatic heterocycles. The molecular weight excluding hydrogens is 210 g/mol. The van der Waals surface area contributed by atoms with Crippen molar-refractivity contribution in [3.05, 3.63) is 0 Å². The molecule has 0 spiro atoms. The minimum atomic E-state index is 0.226. The Balaban J connectivity index is 2.29. The molecule has 0 aliphatic carbocycles. The molecule has 64 valence electrons. The number of hydrogen-bond donors (Lipinski definition) is 0. The van der Waals surface area contributed by atoms with Crippen molar-refractivity contribution in [3.63, 3.8) is 0 Å². The van der Waals surface area contributed by atoms with Crippen LogP contribution in [-0.2, 0) is 9.53 Å². The van der Waals surface area contributed by atoms with Crippen molar-refractivity contribution in [2.24, 2.45) is 0 Å². The molecule has 1 amide bonds. The molecule has 1 unspecified atom stereocenters. The number of ether oxygens (including phenoxy) is 1. The molecule has 1 aliphatic rings. The third-order valence-electron chi connectivity index (χ3n) is 1.73. The first-order chi connectivity index (χ1) is 5.24. The second-order valence-electron chi connectivity index (χ2n) is 2.63. The highest BCUT2D eigenvalue weighted by Gasteiger charge is 2.26. The van der Waals surface area contributed by atoms with Crippen LogP contribution >= 0.6 is 15.9 Å². The summed E-state index contributed by atoms with van der Waals surface area (Å²) in [6.45, 7) is 2.17. The molecule has 0 aromatic carbocycles. The van der Waals surface area contributed by atoms with Crippen molar-refractivity contribution in [3.8, 4) is 0 Å². The van der Waals surface area contributed by atoms with E-state index in [4.69, 9.17) is 4.74 Å². The van der Waals surface area contributed by atoms with Gasteiger partial charge in [-0.15, -0.1) is 0 Å². The maximum absolute atomic E-state index is 11.1. The Morgan fingerprint density at radius 2 is 2.55 bits per heavy atom. The summed E-state index contributed by atoms with van der Waals surface area (Å²) in [5, 5.41) is 0.